The first-order chi connectivity index (χ1) is 7.91. The highest BCUT2D eigenvalue weighted by Crippen LogP contribution is 2.24. The number of nitrogens with zero attached hydrogens (tertiary/aromatic N) is 1. The number of likely N-dealkylation sites (N-methyl/N-ethyl adjacent to an activating group) is 2. The molecule has 0 atom stereocenters. The van der Waals surface area contributed by atoms with Crippen molar-refractivity contribution in [3.8, 4) is 0 Å². The first-order valence-electron chi connectivity index (χ1n) is 5.27. The third kappa shape index (κ3) is 3.83. The Balaban J connectivity index is 0.00000289. The number of halogens is 2. The maximum absolute atomic E-state index is 12.3. The minimum atomic E-state index is -3.46. The van der Waals surface area contributed by atoms with Gasteiger partial charge in [-0.05, 0) is 31.7 Å². The van der Waals surface area contributed by atoms with Crippen LogP contribution in [-0.4, -0.2) is 39.9 Å². The molecule has 0 saturated heterocycles. The Kier molecular flexibility index (Phi) is 7.17. The van der Waals surface area contributed by atoms with E-state index in [0.717, 1.165) is 0 Å². The zero-order chi connectivity index (χ0) is 13.1. The van der Waals surface area contributed by atoms with E-state index in [1.54, 1.807) is 39.2 Å². The van der Waals surface area contributed by atoms with Gasteiger partial charge in [-0.15, -0.1) is 12.4 Å². The summed E-state index contributed by atoms with van der Waals surface area (Å²) in [4.78, 5) is 0.267. The highest BCUT2D eigenvalue weighted by molar-refractivity contribution is 7.89. The minimum Gasteiger partial charge on any atom is -0.318 e. The Morgan fingerprint density at radius 2 is 2.00 bits per heavy atom. The summed E-state index contributed by atoms with van der Waals surface area (Å²) in [5, 5.41) is 3.38. The Hall–Kier alpha value is -0.330. The summed E-state index contributed by atoms with van der Waals surface area (Å²) in [5.74, 6) is 0. The molecule has 4 nitrogen and oxygen atoms in total. The van der Waals surface area contributed by atoms with Gasteiger partial charge in [0.15, 0.2) is 0 Å². The van der Waals surface area contributed by atoms with Crippen LogP contribution in [0.15, 0.2) is 23.1 Å². The molecule has 0 aliphatic rings. The Labute approximate surface area is 120 Å². The van der Waals surface area contributed by atoms with Crippen molar-refractivity contribution in [1.29, 1.82) is 0 Å². The summed E-state index contributed by atoms with van der Waals surface area (Å²) >= 11 is 5.93. The van der Waals surface area contributed by atoms with Crippen LogP contribution in [0.3, 0.4) is 0 Å². The monoisotopic (exact) mass is 312 g/mol. The lowest BCUT2D eigenvalue weighted by Gasteiger charge is -2.18. The van der Waals surface area contributed by atoms with Gasteiger partial charge in [-0.2, -0.15) is 4.31 Å². The molecule has 0 bridgehead atoms. The van der Waals surface area contributed by atoms with Crippen LogP contribution in [0.1, 0.15) is 5.56 Å². The molecule has 104 valence electrons. The van der Waals surface area contributed by atoms with Crippen LogP contribution < -0.4 is 5.32 Å². The lowest BCUT2D eigenvalue weighted by Crippen LogP contribution is -2.33. The van der Waals surface area contributed by atoms with E-state index in [1.165, 1.54) is 4.31 Å². The van der Waals surface area contributed by atoms with Crippen LogP contribution in [0.5, 0.6) is 0 Å². The molecule has 0 heterocycles. The van der Waals surface area contributed by atoms with E-state index in [1.807, 2.05) is 0 Å². The topological polar surface area (TPSA) is 49.4 Å². The van der Waals surface area contributed by atoms with Gasteiger partial charge in [0.2, 0.25) is 10.0 Å². The molecule has 1 aromatic carbocycles. The third-order valence-corrected chi connectivity index (χ3v) is 4.99. The van der Waals surface area contributed by atoms with Crippen LogP contribution >= 0.6 is 24.0 Å². The van der Waals surface area contributed by atoms with E-state index >= 15 is 0 Å². The number of hydrogen-bond donors (Lipinski definition) is 1. The van der Waals surface area contributed by atoms with E-state index in [9.17, 15) is 8.42 Å². The van der Waals surface area contributed by atoms with Gasteiger partial charge in [0.1, 0.15) is 0 Å². The highest BCUT2D eigenvalue weighted by Gasteiger charge is 2.22. The fraction of sp³-hybridized carbons (Fsp3) is 0.455. The summed E-state index contributed by atoms with van der Waals surface area (Å²) < 4.78 is 25.8. The van der Waals surface area contributed by atoms with E-state index < -0.39 is 10.0 Å². The molecule has 0 fully saturated rings. The first-order valence-corrected chi connectivity index (χ1v) is 7.09. The Morgan fingerprint density at radius 3 is 2.56 bits per heavy atom. The molecular formula is C11H18Cl2N2O2S. The van der Waals surface area contributed by atoms with Crippen molar-refractivity contribution >= 4 is 34.0 Å². The van der Waals surface area contributed by atoms with Crippen LogP contribution in [0, 0.1) is 6.92 Å². The number of sulfonamides is 1. The quantitative estimate of drug-likeness (QED) is 0.903. The van der Waals surface area contributed by atoms with Gasteiger partial charge in [0.05, 0.1) is 4.90 Å². The smallest absolute Gasteiger partial charge is 0.243 e. The van der Waals surface area contributed by atoms with Crippen molar-refractivity contribution in [2.45, 2.75) is 11.8 Å². The molecule has 0 radical (unpaired) electrons. The predicted molar refractivity (Wildman–Crippen MR) is 77.2 cm³/mol. The molecule has 1 N–H and O–H groups in total. The average molecular weight is 313 g/mol. The first kappa shape index (κ1) is 17.7. The second kappa shape index (κ2) is 7.31. The molecule has 0 aliphatic heterocycles. The van der Waals surface area contributed by atoms with Gasteiger partial charge in [-0.25, -0.2) is 8.42 Å². The van der Waals surface area contributed by atoms with Crippen molar-refractivity contribution in [3.05, 3.63) is 28.8 Å². The zero-order valence-electron chi connectivity index (χ0n) is 10.6. The number of benzene rings is 1. The van der Waals surface area contributed by atoms with Crippen LogP contribution in [0.25, 0.3) is 0 Å². The second-order valence-electron chi connectivity index (χ2n) is 3.79. The molecule has 0 unspecified atom stereocenters. The molecule has 18 heavy (non-hydrogen) atoms. The summed E-state index contributed by atoms with van der Waals surface area (Å²) in [6, 6.07) is 4.91. The molecule has 1 aromatic rings. The third-order valence-electron chi connectivity index (χ3n) is 2.58. The zero-order valence-corrected chi connectivity index (χ0v) is 13.0. The van der Waals surface area contributed by atoms with Gasteiger partial charge < -0.3 is 5.32 Å². The Bertz CT molecular complexity index is 492. The largest absolute Gasteiger partial charge is 0.318 e. The van der Waals surface area contributed by atoms with E-state index in [0.29, 0.717) is 23.7 Å². The molecule has 7 heteroatoms. The fourth-order valence-electron chi connectivity index (χ4n) is 1.42. The van der Waals surface area contributed by atoms with Gasteiger partial charge >= 0.3 is 0 Å². The molecule has 0 amide bonds. The maximum Gasteiger partial charge on any atom is 0.243 e. The molecule has 0 saturated carbocycles. The van der Waals surface area contributed by atoms with Crippen molar-refractivity contribution in [2.75, 3.05) is 27.2 Å². The van der Waals surface area contributed by atoms with Crippen LogP contribution in [0.2, 0.25) is 5.02 Å². The van der Waals surface area contributed by atoms with Gasteiger partial charge in [0.25, 0.3) is 0 Å². The van der Waals surface area contributed by atoms with Gasteiger partial charge in [0, 0.05) is 25.2 Å². The molecule has 0 aromatic heterocycles. The van der Waals surface area contributed by atoms with E-state index in [4.69, 9.17) is 11.6 Å². The van der Waals surface area contributed by atoms with Crippen molar-refractivity contribution in [3.63, 3.8) is 0 Å². The summed E-state index contributed by atoms with van der Waals surface area (Å²) in [7, 11) is -0.110. The maximum atomic E-state index is 12.3. The second-order valence-corrected chi connectivity index (χ2v) is 6.21. The van der Waals surface area contributed by atoms with E-state index in [2.05, 4.69) is 5.32 Å². The summed E-state index contributed by atoms with van der Waals surface area (Å²) in [5.41, 5.74) is 0.588. The summed E-state index contributed by atoms with van der Waals surface area (Å²) in [6.07, 6.45) is 0. The molecule has 1 rings (SSSR count). The van der Waals surface area contributed by atoms with Crippen molar-refractivity contribution in [2.24, 2.45) is 0 Å². The Morgan fingerprint density at radius 1 is 1.39 bits per heavy atom. The van der Waals surface area contributed by atoms with Crippen molar-refractivity contribution in [1.82, 2.24) is 9.62 Å². The average Bonchev–Trinajstić information content (AvgIpc) is 2.29. The van der Waals surface area contributed by atoms with Crippen molar-refractivity contribution < 1.29 is 8.42 Å². The number of nitrogens with one attached hydrogen (secondary N) is 1. The van der Waals surface area contributed by atoms with E-state index in [-0.39, 0.29) is 17.3 Å². The van der Waals surface area contributed by atoms with Gasteiger partial charge in [-0.3, -0.25) is 0 Å². The number of rotatable bonds is 5. The lowest BCUT2D eigenvalue weighted by molar-refractivity contribution is 0.465. The van der Waals surface area contributed by atoms with Crippen LogP contribution in [-0.2, 0) is 10.0 Å². The summed E-state index contributed by atoms with van der Waals surface area (Å²) in [6.45, 7) is 2.74. The SMILES string of the molecule is CNCCN(C)S(=O)(=O)c1cccc(Cl)c1C.Cl. The number of hydrogen-bond acceptors (Lipinski definition) is 3. The van der Waals surface area contributed by atoms with Gasteiger partial charge in [-0.1, -0.05) is 17.7 Å². The molecule has 0 aliphatic carbocycles. The molecular weight excluding hydrogens is 295 g/mol. The predicted octanol–water partition coefficient (Wildman–Crippen LogP) is 1.91. The van der Waals surface area contributed by atoms with Crippen LogP contribution in [0.4, 0.5) is 0 Å². The standard InChI is InChI=1S/C11H17ClN2O2S.ClH/c1-9-10(12)5-4-6-11(9)17(15,16)14(3)8-7-13-2;/h4-6,13H,7-8H2,1-3H3;1H. The highest BCUT2D eigenvalue weighted by atomic mass is 35.5. The normalized spacial score (nSPS) is 11.4. The minimum absolute atomic E-state index is 0. The lowest BCUT2D eigenvalue weighted by atomic mass is 10.2. The molecule has 0 spiro atoms. The fourth-order valence-corrected chi connectivity index (χ4v) is 3.07.